The molecule has 2 atom stereocenters. The second kappa shape index (κ2) is 6.05. The quantitative estimate of drug-likeness (QED) is 0.570. The van der Waals surface area contributed by atoms with Crippen LogP contribution in [-0.2, 0) is 6.18 Å². The van der Waals surface area contributed by atoms with Crippen molar-refractivity contribution in [2.75, 3.05) is 10.7 Å². The molecule has 1 rings (SSSR count). The molecule has 0 spiro atoms. The second-order valence-corrected chi connectivity index (χ2v) is 4.42. The molecule has 0 saturated heterocycles. The smallest absolute Gasteiger partial charge is 0.367 e. The third kappa shape index (κ3) is 4.23. The average Bonchev–Trinajstić information content (AvgIpc) is 2.36. The van der Waals surface area contributed by atoms with Crippen LogP contribution < -0.4 is 16.6 Å². The predicted molar refractivity (Wildman–Crippen MR) is 67.4 cm³/mol. The van der Waals surface area contributed by atoms with Gasteiger partial charge in [0.25, 0.3) is 0 Å². The Labute approximate surface area is 109 Å². The molecule has 0 amide bonds. The Bertz CT molecular complexity index is 421. The summed E-state index contributed by atoms with van der Waals surface area (Å²) in [5.41, 5.74) is 1.00. The summed E-state index contributed by atoms with van der Waals surface area (Å²) < 4.78 is 38.0. The van der Waals surface area contributed by atoms with Gasteiger partial charge in [0, 0.05) is 12.1 Å². The third-order valence-corrected chi connectivity index (χ3v) is 3.02. The van der Waals surface area contributed by atoms with Gasteiger partial charge in [0.15, 0.2) is 5.69 Å². The Morgan fingerprint density at radius 2 is 1.95 bits per heavy atom. The summed E-state index contributed by atoms with van der Waals surface area (Å²) in [6, 6.07) is 0.867. The van der Waals surface area contributed by atoms with Crippen molar-refractivity contribution in [1.82, 2.24) is 9.97 Å². The first-order valence-corrected chi connectivity index (χ1v) is 5.97. The van der Waals surface area contributed by atoms with E-state index in [0.29, 0.717) is 5.92 Å². The Balaban J connectivity index is 3.01. The van der Waals surface area contributed by atoms with Crippen molar-refractivity contribution in [3.05, 3.63) is 11.8 Å². The molecule has 0 aliphatic carbocycles. The van der Waals surface area contributed by atoms with Gasteiger partial charge < -0.3 is 5.32 Å². The van der Waals surface area contributed by atoms with Crippen LogP contribution in [0.4, 0.5) is 24.9 Å². The first-order chi connectivity index (χ1) is 8.77. The molecule has 2 unspecified atom stereocenters. The minimum absolute atomic E-state index is 0.00777. The number of nitrogen functional groups attached to an aromatic ring is 1. The molecule has 0 aromatic carbocycles. The van der Waals surface area contributed by atoms with Crippen LogP contribution in [0.25, 0.3) is 0 Å². The summed E-state index contributed by atoms with van der Waals surface area (Å²) in [6.45, 7) is 5.90. The van der Waals surface area contributed by atoms with Crippen molar-refractivity contribution in [3.63, 3.8) is 0 Å². The molecule has 0 aliphatic rings. The number of halogens is 3. The van der Waals surface area contributed by atoms with Gasteiger partial charge >= 0.3 is 6.18 Å². The van der Waals surface area contributed by atoms with Crippen LogP contribution in [0.3, 0.4) is 0 Å². The van der Waals surface area contributed by atoms with E-state index in [-0.39, 0.29) is 17.8 Å². The standard InChI is InChI=1S/C11H18F3N5/c1-4-6(2)7(3)16-9-5-8(11(12,13)14)17-10(18-9)19-15/h5-7H,4,15H2,1-3H3,(H2,16,17,18,19). The summed E-state index contributed by atoms with van der Waals surface area (Å²) in [4.78, 5) is 7.15. The lowest BCUT2D eigenvalue weighted by atomic mass is 10.0. The Morgan fingerprint density at radius 1 is 1.32 bits per heavy atom. The molecule has 0 radical (unpaired) electrons. The molecule has 0 fully saturated rings. The topological polar surface area (TPSA) is 75.9 Å². The highest BCUT2D eigenvalue weighted by molar-refractivity contribution is 5.43. The molecular formula is C11H18F3N5. The number of anilines is 2. The fraction of sp³-hybridized carbons (Fsp3) is 0.636. The molecule has 0 saturated carbocycles. The number of hydrogen-bond donors (Lipinski definition) is 3. The maximum Gasteiger partial charge on any atom is 0.433 e. The van der Waals surface area contributed by atoms with Crippen molar-refractivity contribution < 1.29 is 13.2 Å². The Hall–Kier alpha value is -1.57. The van der Waals surface area contributed by atoms with E-state index in [2.05, 4.69) is 15.3 Å². The first kappa shape index (κ1) is 15.5. The molecule has 1 aromatic rings. The molecule has 4 N–H and O–H groups in total. The molecule has 0 bridgehead atoms. The minimum atomic E-state index is -4.54. The van der Waals surface area contributed by atoms with E-state index in [1.54, 1.807) is 0 Å². The van der Waals surface area contributed by atoms with Gasteiger partial charge in [0.05, 0.1) is 0 Å². The van der Waals surface area contributed by atoms with Gasteiger partial charge in [0.1, 0.15) is 5.82 Å². The lowest BCUT2D eigenvalue weighted by molar-refractivity contribution is -0.141. The van der Waals surface area contributed by atoms with Crippen molar-refractivity contribution in [1.29, 1.82) is 0 Å². The van der Waals surface area contributed by atoms with Crippen LogP contribution in [0.2, 0.25) is 0 Å². The van der Waals surface area contributed by atoms with Crippen molar-refractivity contribution in [2.45, 2.75) is 39.4 Å². The Morgan fingerprint density at radius 3 is 2.42 bits per heavy atom. The number of nitrogens with one attached hydrogen (secondary N) is 2. The summed E-state index contributed by atoms with van der Waals surface area (Å²) in [7, 11) is 0. The van der Waals surface area contributed by atoms with Gasteiger partial charge in [0.2, 0.25) is 5.95 Å². The van der Waals surface area contributed by atoms with Gasteiger partial charge in [-0.3, -0.25) is 5.43 Å². The van der Waals surface area contributed by atoms with Crippen LogP contribution in [0.15, 0.2) is 6.07 Å². The summed E-state index contributed by atoms with van der Waals surface area (Å²) in [5.74, 6) is 5.21. The summed E-state index contributed by atoms with van der Waals surface area (Å²) >= 11 is 0. The van der Waals surface area contributed by atoms with Crippen molar-refractivity contribution >= 4 is 11.8 Å². The van der Waals surface area contributed by atoms with E-state index >= 15 is 0 Å². The van der Waals surface area contributed by atoms with Crippen LogP contribution in [0.1, 0.15) is 32.9 Å². The van der Waals surface area contributed by atoms with E-state index in [1.807, 2.05) is 26.2 Å². The number of nitrogens with two attached hydrogens (primary N) is 1. The monoisotopic (exact) mass is 277 g/mol. The van der Waals surface area contributed by atoms with Gasteiger partial charge in [-0.1, -0.05) is 20.3 Å². The second-order valence-electron chi connectivity index (χ2n) is 4.42. The molecule has 19 heavy (non-hydrogen) atoms. The highest BCUT2D eigenvalue weighted by Crippen LogP contribution is 2.29. The predicted octanol–water partition coefficient (Wildman–Crippen LogP) is 2.63. The van der Waals surface area contributed by atoms with Crippen LogP contribution in [0.5, 0.6) is 0 Å². The number of rotatable bonds is 5. The number of aromatic nitrogens is 2. The first-order valence-electron chi connectivity index (χ1n) is 5.97. The zero-order valence-electron chi connectivity index (χ0n) is 11.0. The van der Waals surface area contributed by atoms with E-state index in [1.165, 1.54) is 0 Å². The summed E-state index contributed by atoms with van der Waals surface area (Å²) in [5, 5.41) is 2.93. The van der Waals surface area contributed by atoms with Gasteiger partial charge in [-0.15, -0.1) is 0 Å². The highest BCUT2D eigenvalue weighted by Gasteiger charge is 2.33. The molecule has 1 aromatic heterocycles. The maximum atomic E-state index is 12.7. The molecule has 8 heteroatoms. The Kier molecular flexibility index (Phi) is 4.93. The maximum absolute atomic E-state index is 12.7. The zero-order chi connectivity index (χ0) is 14.6. The SMILES string of the molecule is CCC(C)C(C)Nc1cc(C(F)(F)F)nc(NN)n1. The lowest BCUT2D eigenvalue weighted by Gasteiger charge is -2.21. The van der Waals surface area contributed by atoms with Crippen LogP contribution in [-0.4, -0.2) is 16.0 Å². The van der Waals surface area contributed by atoms with Gasteiger partial charge in [-0.25, -0.2) is 10.8 Å². The number of alkyl halides is 3. The molecule has 1 heterocycles. The number of hydrazine groups is 1. The minimum Gasteiger partial charge on any atom is -0.367 e. The van der Waals surface area contributed by atoms with E-state index in [0.717, 1.165) is 12.5 Å². The molecule has 5 nitrogen and oxygen atoms in total. The lowest BCUT2D eigenvalue weighted by Crippen LogP contribution is -2.25. The van der Waals surface area contributed by atoms with Crippen LogP contribution >= 0.6 is 0 Å². The van der Waals surface area contributed by atoms with E-state index < -0.39 is 11.9 Å². The molecule has 0 aliphatic heterocycles. The van der Waals surface area contributed by atoms with E-state index in [9.17, 15) is 13.2 Å². The molecule has 108 valence electrons. The number of hydrogen-bond acceptors (Lipinski definition) is 5. The molecular weight excluding hydrogens is 259 g/mol. The average molecular weight is 277 g/mol. The normalized spacial score (nSPS) is 14.9. The third-order valence-electron chi connectivity index (χ3n) is 3.02. The highest BCUT2D eigenvalue weighted by atomic mass is 19.4. The fourth-order valence-electron chi connectivity index (χ4n) is 1.46. The largest absolute Gasteiger partial charge is 0.433 e. The van der Waals surface area contributed by atoms with Crippen LogP contribution in [0, 0.1) is 5.92 Å². The van der Waals surface area contributed by atoms with Gasteiger partial charge in [-0.2, -0.15) is 18.2 Å². The van der Waals surface area contributed by atoms with Crippen molar-refractivity contribution in [3.8, 4) is 0 Å². The van der Waals surface area contributed by atoms with Gasteiger partial charge in [-0.05, 0) is 12.8 Å². The fourth-order valence-corrected chi connectivity index (χ4v) is 1.46. The van der Waals surface area contributed by atoms with Crippen molar-refractivity contribution in [2.24, 2.45) is 11.8 Å². The summed E-state index contributed by atoms with van der Waals surface area (Å²) in [6.07, 6.45) is -3.63. The number of nitrogens with zero attached hydrogens (tertiary/aromatic N) is 2. The zero-order valence-corrected chi connectivity index (χ0v) is 11.0. The van der Waals surface area contributed by atoms with E-state index in [4.69, 9.17) is 5.84 Å².